The molecule has 0 saturated carbocycles. The van der Waals surface area contributed by atoms with Gasteiger partial charge >= 0.3 is 0 Å². The third-order valence-electron chi connectivity index (χ3n) is 3.05. The van der Waals surface area contributed by atoms with E-state index in [9.17, 15) is 13.5 Å². The van der Waals surface area contributed by atoms with Crippen LogP contribution in [0.2, 0.25) is 5.02 Å². The maximum Gasteiger partial charge on any atom is 0.216 e. The lowest BCUT2D eigenvalue weighted by atomic mass is 10.0. The summed E-state index contributed by atoms with van der Waals surface area (Å²) < 4.78 is 31.9. The molecular weight excluding hydrogens is 290 g/mol. The smallest absolute Gasteiger partial charge is 0.216 e. The lowest BCUT2D eigenvalue weighted by Gasteiger charge is -2.25. The molecule has 0 radical (unpaired) electrons. The van der Waals surface area contributed by atoms with Gasteiger partial charge in [-0.15, -0.1) is 0 Å². The lowest BCUT2D eigenvalue weighted by molar-refractivity contribution is 0.135. The predicted octanol–water partition coefficient (Wildman–Crippen LogP) is 0.911. The van der Waals surface area contributed by atoms with Crippen LogP contribution in [0, 0.1) is 0 Å². The van der Waals surface area contributed by atoms with Gasteiger partial charge < -0.3 is 9.84 Å². The molecule has 1 saturated heterocycles. The molecule has 0 aliphatic carbocycles. The summed E-state index contributed by atoms with van der Waals surface area (Å²) >= 11 is 5.75. The van der Waals surface area contributed by atoms with E-state index >= 15 is 0 Å². The summed E-state index contributed by atoms with van der Waals surface area (Å²) in [4.78, 5) is 0. The van der Waals surface area contributed by atoms with E-state index < -0.39 is 15.6 Å². The minimum absolute atomic E-state index is 0.147. The topological polar surface area (TPSA) is 75.6 Å². The number of aliphatic hydroxyl groups is 1. The highest BCUT2D eigenvalue weighted by molar-refractivity contribution is 7.88. The number of hydrogen-bond acceptors (Lipinski definition) is 4. The fourth-order valence-electron chi connectivity index (χ4n) is 2.01. The molecule has 106 valence electrons. The van der Waals surface area contributed by atoms with Crippen LogP contribution in [-0.4, -0.2) is 38.9 Å². The van der Waals surface area contributed by atoms with Crippen LogP contribution >= 0.6 is 11.6 Å². The number of hydrogen-bond donors (Lipinski definition) is 2. The van der Waals surface area contributed by atoms with E-state index in [2.05, 4.69) is 4.72 Å². The Balaban J connectivity index is 2.08. The zero-order valence-corrected chi connectivity index (χ0v) is 11.9. The van der Waals surface area contributed by atoms with Crippen LogP contribution in [0.15, 0.2) is 24.3 Å². The quantitative estimate of drug-likeness (QED) is 0.848. The summed E-state index contributed by atoms with van der Waals surface area (Å²) in [5.41, 5.74) is -0.241. The van der Waals surface area contributed by atoms with Crippen LogP contribution in [0.5, 0.6) is 0 Å². The molecule has 1 aromatic carbocycles. The highest BCUT2D eigenvalue weighted by atomic mass is 35.5. The molecule has 5 nitrogen and oxygen atoms in total. The molecule has 2 rings (SSSR count). The molecule has 1 atom stereocenters. The minimum Gasteiger partial charge on any atom is -0.394 e. The number of nitrogens with one attached hydrogen (secondary N) is 1. The van der Waals surface area contributed by atoms with Crippen LogP contribution in [-0.2, 0) is 20.5 Å². The van der Waals surface area contributed by atoms with Crippen molar-refractivity contribution in [2.24, 2.45) is 0 Å². The third kappa shape index (κ3) is 3.90. The normalized spacial score (nSPS) is 23.7. The standard InChI is InChI=1S/C12H16ClNO4S/c13-11-3-1-10(2-4-11)7-19(16,17)14-12(8-15)5-6-18-9-12/h1-4,14-15H,5-9H2. The van der Waals surface area contributed by atoms with Crippen molar-refractivity contribution in [3.05, 3.63) is 34.9 Å². The van der Waals surface area contributed by atoms with Crippen LogP contribution in [0.1, 0.15) is 12.0 Å². The molecule has 0 aromatic heterocycles. The van der Waals surface area contributed by atoms with Gasteiger partial charge in [0.25, 0.3) is 0 Å². The first kappa shape index (κ1) is 14.7. The number of rotatable bonds is 5. The number of benzene rings is 1. The van der Waals surface area contributed by atoms with E-state index in [-0.39, 0.29) is 19.0 Å². The van der Waals surface area contributed by atoms with Gasteiger partial charge in [-0.2, -0.15) is 0 Å². The second kappa shape index (κ2) is 5.76. The van der Waals surface area contributed by atoms with Crippen molar-refractivity contribution in [2.45, 2.75) is 17.7 Å². The van der Waals surface area contributed by atoms with Gasteiger partial charge in [0.15, 0.2) is 0 Å². The van der Waals surface area contributed by atoms with Gasteiger partial charge in [0, 0.05) is 11.6 Å². The zero-order chi connectivity index (χ0) is 13.9. The number of sulfonamides is 1. The molecule has 1 aliphatic heterocycles. The highest BCUT2D eigenvalue weighted by Crippen LogP contribution is 2.20. The molecule has 1 aromatic rings. The van der Waals surface area contributed by atoms with Crippen LogP contribution in [0.3, 0.4) is 0 Å². The monoisotopic (exact) mass is 305 g/mol. The Bertz CT molecular complexity index is 523. The van der Waals surface area contributed by atoms with E-state index in [1.165, 1.54) is 0 Å². The first-order chi connectivity index (χ1) is 8.95. The van der Waals surface area contributed by atoms with Crippen molar-refractivity contribution in [1.29, 1.82) is 0 Å². The molecule has 1 heterocycles. The second-order valence-corrected chi connectivity index (χ2v) is 6.89. The van der Waals surface area contributed by atoms with E-state index in [1.807, 2.05) is 0 Å². The van der Waals surface area contributed by atoms with Crippen molar-refractivity contribution in [3.63, 3.8) is 0 Å². The van der Waals surface area contributed by atoms with Crippen LogP contribution < -0.4 is 4.72 Å². The van der Waals surface area contributed by atoms with Crippen LogP contribution in [0.4, 0.5) is 0 Å². The van der Waals surface area contributed by atoms with E-state index in [1.54, 1.807) is 24.3 Å². The first-order valence-corrected chi connectivity index (χ1v) is 7.92. The Hall–Kier alpha value is -0.660. The van der Waals surface area contributed by atoms with Crippen molar-refractivity contribution >= 4 is 21.6 Å². The van der Waals surface area contributed by atoms with Crippen molar-refractivity contribution in [2.75, 3.05) is 19.8 Å². The fraction of sp³-hybridized carbons (Fsp3) is 0.500. The summed E-state index contributed by atoms with van der Waals surface area (Å²) in [5, 5.41) is 9.92. The average molecular weight is 306 g/mol. The van der Waals surface area contributed by atoms with Crippen molar-refractivity contribution in [3.8, 4) is 0 Å². The van der Waals surface area contributed by atoms with Gasteiger partial charge in [-0.1, -0.05) is 23.7 Å². The molecule has 0 bridgehead atoms. The van der Waals surface area contributed by atoms with Crippen molar-refractivity contribution < 1.29 is 18.3 Å². The van der Waals surface area contributed by atoms with Gasteiger partial charge in [-0.3, -0.25) is 0 Å². The van der Waals surface area contributed by atoms with E-state index in [0.717, 1.165) is 0 Å². The molecular formula is C12H16ClNO4S. The molecule has 1 fully saturated rings. The van der Waals surface area contributed by atoms with Gasteiger partial charge in [0.2, 0.25) is 10.0 Å². The molecule has 0 spiro atoms. The molecule has 1 unspecified atom stereocenters. The molecule has 7 heteroatoms. The summed E-state index contributed by atoms with van der Waals surface area (Å²) in [6.45, 7) is 0.375. The molecule has 19 heavy (non-hydrogen) atoms. The van der Waals surface area contributed by atoms with Gasteiger partial charge in [0.1, 0.15) is 0 Å². The Kier molecular flexibility index (Phi) is 4.47. The zero-order valence-electron chi connectivity index (χ0n) is 10.3. The maximum absolute atomic E-state index is 12.1. The molecule has 1 aliphatic rings. The average Bonchev–Trinajstić information content (AvgIpc) is 2.80. The van der Waals surface area contributed by atoms with Gasteiger partial charge in [-0.05, 0) is 24.1 Å². The van der Waals surface area contributed by atoms with Crippen molar-refractivity contribution in [1.82, 2.24) is 4.72 Å². The van der Waals surface area contributed by atoms with E-state index in [4.69, 9.17) is 16.3 Å². The number of ether oxygens (including phenoxy) is 1. The van der Waals surface area contributed by atoms with E-state index in [0.29, 0.717) is 23.6 Å². The Morgan fingerprint density at radius 2 is 2.05 bits per heavy atom. The first-order valence-electron chi connectivity index (χ1n) is 5.89. The second-order valence-electron chi connectivity index (χ2n) is 4.73. The number of aliphatic hydroxyl groups excluding tert-OH is 1. The Labute approximate surface area is 117 Å². The third-order valence-corrected chi connectivity index (χ3v) is 4.76. The van der Waals surface area contributed by atoms with Gasteiger partial charge in [0.05, 0.1) is 24.5 Å². The largest absolute Gasteiger partial charge is 0.394 e. The minimum atomic E-state index is -3.53. The fourth-order valence-corrected chi connectivity index (χ4v) is 3.73. The summed E-state index contributed by atoms with van der Waals surface area (Å²) in [7, 11) is -3.53. The summed E-state index contributed by atoms with van der Waals surface area (Å²) in [6.07, 6.45) is 0.476. The van der Waals surface area contributed by atoms with Gasteiger partial charge in [-0.25, -0.2) is 13.1 Å². The summed E-state index contributed by atoms with van der Waals surface area (Å²) in [5.74, 6) is -0.147. The summed E-state index contributed by atoms with van der Waals surface area (Å²) in [6, 6.07) is 6.62. The SMILES string of the molecule is O=S(=O)(Cc1ccc(Cl)cc1)NC1(CO)CCOC1. The number of halogens is 1. The molecule has 0 amide bonds. The predicted molar refractivity (Wildman–Crippen MR) is 72.5 cm³/mol. The highest BCUT2D eigenvalue weighted by Gasteiger charge is 2.38. The lowest BCUT2D eigenvalue weighted by Crippen LogP contribution is -2.52. The Morgan fingerprint density at radius 1 is 1.37 bits per heavy atom. The van der Waals surface area contributed by atoms with Crippen LogP contribution in [0.25, 0.3) is 0 Å². The maximum atomic E-state index is 12.1. The molecule has 2 N–H and O–H groups in total. The Morgan fingerprint density at radius 3 is 2.58 bits per heavy atom.